The van der Waals surface area contributed by atoms with Crippen LogP contribution in [0.3, 0.4) is 0 Å². The fourth-order valence-corrected chi connectivity index (χ4v) is 7.14. The first-order chi connectivity index (χ1) is 14.8. The number of aromatic nitrogens is 6. The largest absolute Gasteiger partial charge is 0.481 e. The van der Waals surface area contributed by atoms with Crippen LogP contribution in [0.2, 0.25) is 0 Å². The van der Waals surface area contributed by atoms with Gasteiger partial charge in [-0.1, -0.05) is 23.1 Å². The number of ether oxygens (including phenoxy) is 1. The predicted molar refractivity (Wildman–Crippen MR) is 109 cm³/mol. The highest BCUT2D eigenvalue weighted by molar-refractivity contribution is 8.01. The van der Waals surface area contributed by atoms with Crippen molar-refractivity contribution < 1.29 is 24.2 Å². The first-order valence-corrected chi connectivity index (χ1v) is 11.8. The van der Waals surface area contributed by atoms with Crippen LogP contribution in [-0.4, -0.2) is 94.5 Å². The molecule has 4 rings (SSSR count). The zero-order valence-electron chi connectivity index (χ0n) is 16.4. The minimum atomic E-state index is -1.55. The summed E-state index contributed by atoms with van der Waals surface area (Å²) in [5.74, 6) is -1.49. The lowest BCUT2D eigenvalue weighted by Crippen LogP contribution is -2.82. The van der Waals surface area contributed by atoms with E-state index in [1.54, 1.807) is 0 Å². The molecule has 13 nitrogen and oxygen atoms in total. The number of amides is 2. The number of rotatable bonds is 8. The Morgan fingerprint density at radius 2 is 2.26 bits per heavy atom. The summed E-state index contributed by atoms with van der Waals surface area (Å²) in [4.78, 5) is 39.0. The molecule has 31 heavy (non-hydrogen) atoms. The number of carbonyl (C=O) groups is 3. The number of hydrogen-bond acceptors (Lipinski definition) is 12. The van der Waals surface area contributed by atoms with Crippen LogP contribution in [0.4, 0.5) is 0 Å². The molecule has 0 bridgehead atoms. The zero-order chi connectivity index (χ0) is 22.2. The molecular weight excluding hydrogens is 468 g/mol. The molecule has 2 saturated heterocycles. The Hall–Kier alpha value is -2.30. The van der Waals surface area contributed by atoms with Gasteiger partial charge < -0.3 is 20.1 Å². The number of hydrogen-bond donors (Lipinski definition) is 2. The molecule has 2 aromatic rings. The Bertz CT molecular complexity index is 1000. The lowest BCUT2D eigenvalue weighted by molar-refractivity contribution is -0.200. The van der Waals surface area contributed by atoms with Crippen molar-refractivity contribution in [1.29, 1.82) is 0 Å². The van der Waals surface area contributed by atoms with E-state index in [1.165, 1.54) is 57.9 Å². The first kappa shape index (κ1) is 21.9. The normalized spacial score (nSPS) is 27.5. The number of carboxylic acids is 1. The molecule has 2 aliphatic heterocycles. The molecule has 0 aromatic carbocycles. The number of fused-ring (bicyclic) bond motifs is 1. The standard InChI is InChI=1S/C15H18N8O5S3/c1-8-18-19-13(31-8)30-6-14(12(26)27)4-23-10(25)15(28-2,11(23)29-5-14)17-9(24)3-22-7-16-20-21-22/h7,11H,3-6H2,1-2H3,(H,17,24)(H,26,27)/t11-,14?,15?/m1/s1. The van der Waals surface area contributed by atoms with Crippen LogP contribution >= 0.6 is 34.9 Å². The highest BCUT2D eigenvalue weighted by Gasteiger charge is 2.67. The maximum absolute atomic E-state index is 13.0. The predicted octanol–water partition coefficient (Wildman–Crippen LogP) is -0.930. The molecule has 2 amide bonds. The highest BCUT2D eigenvalue weighted by atomic mass is 32.2. The van der Waals surface area contributed by atoms with Crippen molar-refractivity contribution in [3.63, 3.8) is 0 Å². The topological polar surface area (TPSA) is 165 Å². The van der Waals surface area contributed by atoms with Crippen molar-refractivity contribution in [3.8, 4) is 0 Å². The monoisotopic (exact) mass is 486 g/mol. The van der Waals surface area contributed by atoms with Gasteiger partial charge >= 0.3 is 5.97 Å². The van der Waals surface area contributed by atoms with E-state index in [4.69, 9.17) is 4.74 Å². The van der Waals surface area contributed by atoms with Gasteiger partial charge in [-0.2, -0.15) is 0 Å². The third-order valence-corrected chi connectivity index (χ3v) is 8.86. The van der Waals surface area contributed by atoms with E-state index in [0.29, 0.717) is 4.34 Å². The van der Waals surface area contributed by atoms with Crippen molar-refractivity contribution in [1.82, 2.24) is 40.6 Å². The van der Waals surface area contributed by atoms with E-state index >= 15 is 0 Å². The number of nitrogens with zero attached hydrogens (tertiary/aromatic N) is 7. The molecule has 4 heterocycles. The van der Waals surface area contributed by atoms with E-state index in [1.807, 2.05) is 6.92 Å². The van der Waals surface area contributed by atoms with Crippen molar-refractivity contribution in [2.75, 3.05) is 25.2 Å². The van der Waals surface area contributed by atoms with E-state index in [2.05, 4.69) is 31.0 Å². The van der Waals surface area contributed by atoms with Crippen molar-refractivity contribution in [3.05, 3.63) is 11.3 Å². The first-order valence-electron chi connectivity index (χ1n) is 8.95. The SMILES string of the molecule is COC1(NC(=O)Cn2cnnn2)C(=O)N2CC(CSc3nnc(C)s3)(C(=O)O)CS[C@@H]21. The molecule has 2 aliphatic rings. The van der Waals surface area contributed by atoms with Crippen LogP contribution < -0.4 is 5.32 Å². The van der Waals surface area contributed by atoms with Gasteiger partial charge in [0.1, 0.15) is 28.7 Å². The van der Waals surface area contributed by atoms with E-state index in [9.17, 15) is 19.5 Å². The third-order valence-electron chi connectivity index (χ3n) is 4.98. The van der Waals surface area contributed by atoms with Gasteiger partial charge in [0.25, 0.3) is 11.6 Å². The number of β-lactam (4-membered cyclic amide) rings is 1. The Labute approximate surface area is 188 Å². The number of aliphatic carboxylic acids is 1. The summed E-state index contributed by atoms with van der Waals surface area (Å²) in [6.07, 6.45) is 1.28. The lowest BCUT2D eigenvalue weighted by Gasteiger charge is -2.58. The third kappa shape index (κ3) is 3.88. The van der Waals surface area contributed by atoms with Gasteiger partial charge in [0, 0.05) is 25.2 Å². The quantitative estimate of drug-likeness (QED) is 0.268. The maximum Gasteiger partial charge on any atom is 0.313 e. The number of tetrazole rings is 1. The number of methoxy groups -OCH3 is 1. The summed E-state index contributed by atoms with van der Waals surface area (Å²) in [5.41, 5.74) is -2.71. The Morgan fingerprint density at radius 3 is 2.87 bits per heavy atom. The minimum absolute atomic E-state index is 0.0115. The van der Waals surface area contributed by atoms with E-state index in [0.717, 1.165) is 5.01 Å². The van der Waals surface area contributed by atoms with Gasteiger partial charge in [0.05, 0.1) is 0 Å². The number of carboxylic acid groups (broad SMARTS) is 1. The van der Waals surface area contributed by atoms with Crippen LogP contribution in [0.5, 0.6) is 0 Å². The van der Waals surface area contributed by atoms with E-state index in [-0.39, 0.29) is 24.6 Å². The second-order valence-electron chi connectivity index (χ2n) is 7.05. The molecule has 2 N–H and O–H groups in total. The van der Waals surface area contributed by atoms with Gasteiger partial charge in [-0.25, -0.2) is 4.68 Å². The minimum Gasteiger partial charge on any atom is -0.481 e. The zero-order valence-corrected chi connectivity index (χ0v) is 18.9. The number of carbonyl (C=O) groups excluding carboxylic acids is 2. The van der Waals surface area contributed by atoms with Crippen LogP contribution in [0.1, 0.15) is 5.01 Å². The molecule has 2 fully saturated rings. The summed E-state index contributed by atoms with van der Waals surface area (Å²) >= 11 is 3.97. The second-order valence-corrected chi connectivity index (χ2v) is 10.5. The molecule has 166 valence electrons. The summed E-state index contributed by atoms with van der Waals surface area (Å²) in [5, 5.41) is 31.3. The fourth-order valence-electron chi connectivity index (χ4n) is 3.37. The average molecular weight is 487 g/mol. The van der Waals surface area contributed by atoms with Crippen molar-refractivity contribution in [2.24, 2.45) is 5.41 Å². The molecular formula is C15H18N8O5S3. The lowest BCUT2D eigenvalue weighted by atomic mass is 9.88. The van der Waals surface area contributed by atoms with Crippen molar-refractivity contribution >= 4 is 52.6 Å². The maximum atomic E-state index is 13.0. The number of aryl methyl sites for hydroxylation is 1. The molecule has 3 atom stereocenters. The van der Waals surface area contributed by atoms with Crippen LogP contribution in [0, 0.1) is 12.3 Å². The van der Waals surface area contributed by atoms with Gasteiger partial charge in [-0.3, -0.25) is 14.4 Å². The van der Waals surface area contributed by atoms with Crippen LogP contribution in [0.25, 0.3) is 0 Å². The van der Waals surface area contributed by atoms with Crippen molar-refractivity contribution in [2.45, 2.75) is 28.9 Å². The summed E-state index contributed by atoms with van der Waals surface area (Å²) in [7, 11) is 1.33. The van der Waals surface area contributed by atoms with Gasteiger partial charge in [0.2, 0.25) is 5.91 Å². The number of nitrogens with one attached hydrogen (secondary N) is 1. The Balaban J connectivity index is 1.45. The Kier molecular flexibility index (Phi) is 5.89. The fraction of sp³-hybridized carbons (Fsp3) is 0.600. The van der Waals surface area contributed by atoms with Gasteiger partial charge in [-0.15, -0.1) is 27.1 Å². The summed E-state index contributed by atoms with van der Waals surface area (Å²) < 4.78 is 7.33. The smallest absolute Gasteiger partial charge is 0.313 e. The summed E-state index contributed by atoms with van der Waals surface area (Å²) in [6, 6.07) is 0. The second kappa shape index (κ2) is 8.33. The molecule has 2 unspecified atom stereocenters. The molecule has 0 radical (unpaired) electrons. The number of thioether (sulfide) groups is 2. The van der Waals surface area contributed by atoms with E-state index < -0.39 is 34.3 Å². The Morgan fingerprint density at radius 1 is 1.45 bits per heavy atom. The molecule has 2 aromatic heterocycles. The molecule has 0 spiro atoms. The highest BCUT2D eigenvalue weighted by Crippen LogP contribution is 2.49. The molecule has 16 heteroatoms. The molecule has 0 aliphatic carbocycles. The van der Waals surface area contributed by atoms with Crippen LogP contribution in [0.15, 0.2) is 10.7 Å². The summed E-state index contributed by atoms with van der Waals surface area (Å²) in [6.45, 7) is 1.66. The van der Waals surface area contributed by atoms with Gasteiger partial charge in [-0.05, 0) is 17.4 Å². The van der Waals surface area contributed by atoms with Gasteiger partial charge in [0.15, 0.2) is 4.34 Å². The van der Waals surface area contributed by atoms with Crippen LogP contribution in [-0.2, 0) is 25.7 Å². The average Bonchev–Trinajstić information content (AvgIpc) is 3.41. The molecule has 0 saturated carbocycles.